The van der Waals surface area contributed by atoms with Gasteiger partial charge in [-0.05, 0) is 50.0 Å². The molecule has 6 heteroatoms. The average molecular weight is 284 g/mol. The van der Waals surface area contributed by atoms with Crippen molar-refractivity contribution in [2.45, 2.75) is 25.4 Å². The molecule has 2 aromatic rings. The summed E-state index contributed by atoms with van der Waals surface area (Å²) in [7, 11) is 0. The molecule has 1 aliphatic rings. The van der Waals surface area contributed by atoms with Crippen molar-refractivity contribution < 1.29 is 17.6 Å². The molecule has 1 unspecified atom stereocenters. The molecule has 1 N–H and O–H groups in total. The number of fused-ring (bicyclic) bond motifs is 1. The van der Waals surface area contributed by atoms with Gasteiger partial charge in [0.25, 0.3) is 0 Å². The number of alkyl halides is 3. The van der Waals surface area contributed by atoms with E-state index in [1.807, 2.05) is 0 Å². The number of benzene rings is 1. The maximum atomic E-state index is 12.6. The van der Waals surface area contributed by atoms with Crippen LogP contribution in [0.2, 0.25) is 0 Å². The van der Waals surface area contributed by atoms with E-state index in [9.17, 15) is 13.2 Å². The molecule has 0 spiro atoms. The largest absolute Gasteiger partial charge is 0.441 e. The van der Waals surface area contributed by atoms with Crippen LogP contribution in [0.15, 0.2) is 22.6 Å². The van der Waals surface area contributed by atoms with Crippen molar-refractivity contribution in [1.82, 2.24) is 10.3 Å². The summed E-state index contributed by atoms with van der Waals surface area (Å²) in [5.74, 6) is 0.965. The molecule has 1 aliphatic heterocycles. The molecule has 1 aromatic heterocycles. The molecule has 0 saturated carbocycles. The van der Waals surface area contributed by atoms with Gasteiger partial charge in [-0.1, -0.05) is 0 Å². The lowest BCUT2D eigenvalue weighted by atomic mass is 9.96. The standard InChI is InChI=1S/C14H15F3N2O/c15-14(16,17)10-3-4-12-11(7-10)19-13(20-12)6-9-2-1-5-18-8-9/h3-4,7,9,18H,1-2,5-6,8H2. The van der Waals surface area contributed by atoms with Crippen molar-refractivity contribution in [2.75, 3.05) is 13.1 Å². The SMILES string of the molecule is FC(F)(F)c1ccc2oc(CC3CCCNC3)nc2c1. The minimum Gasteiger partial charge on any atom is -0.441 e. The van der Waals surface area contributed by atoms with Gasteiger partial charge in [0.2, 0.25) is 0 Å². The van der Waals surface area contributed by atoms with Crippen LogP contribution in [0.1, 0.15) is 24.3 Å². The number of hydrogen-bond donors (Lipinski definition) is 1. The Morgan fingerprint density at radius 1 is 1.35 bits per heavy atom. The average Bonchev–Trinajstić information content (AvgIpc) is 2.80. The summed E-state index contributed by atoms with van der Waals surface area (Å²) in [4.78, 5) is 4.19. The second-order valence-electron chi connectivity index (χ2n) is 5.20. The summed E-state index contributed by atoms with van der Waals surface area (Å²) >= 11 is 0. The zero-order chi connectivity index (χ0) is 14.2. The van der Waals surface area contributed by atoms with E-state index in [0.717, 1.165) is 38.1 Å². The third-order valence-corrected chi connectivity index (χ3v) is 3.62. The summed E-state index contributed by atoms with van der Waals surface area (Å²) < 4.78 is 43.4. The highest BCUT2D eigenvalue weighted by molar-refractivity contribution is 5.73. The molecular formula is C14H15F3N2O. The molecule has 2 heterocycles. The zero-order valence-electron chi connectivity index (χ0n) is 10.8. The third-order valence-electron chi connectivity index (χ3n) is 3.62. The normalized spacial score (nSPS) is 20.4. The molecule has 1 atom stereocenters. The molecule has 3 nitrogen and oxygen atoms in total. The molecule has 0 radical (unpaired) electrons. The van der Waals surface area contributed by atoms with Crippen molar-refractivity contribution in [3.05, 3.63) is 29.7 Å². The summed E-state index contributed by atoms with van der Waals surface area (Å²) in [6.45, 7) is 1.94. The van der Waals surface area contributed by atoms with Gasteiger partial charge in [-0.2, -0.15) is 13.2 Å². The molecule has 108 valence electrons. The van der Waals surface area contributed by atoms with Gasteiger partial charge < -0.3 is 9.73 Å². The van der Waals surface area contributed by atoms with E-state index in [2.05, 4.69) is 10.3 Å². The first kappa shape index (κ1) is 13.4. The van der Waals surface area contributed by atoms with Crippen LogP contribution in [-0.4, -0.2) is 18.1 Å². The van der Waals surface area contributed by atoms with Crippen LogP contribution in [0, 0.1) is 5.92 Å². The van der Waals surface area contributed by atoms with Crippen LogP contribution in [0.4, 0.5) is 13.2 Å². The molecular weight excluding hydrogens is 269 g/mol. The molecule has 0 amide bonds. The minimum atomic E-state index is -4.35. The molecule has 1 aromatic carbocycles. The van der Waals surface area contributed by atoms with Crippen LogP contribution in [-0.2, 0) is 12.6 Å². The van der Waals surface area contributed by atoms with Gasteiger partial charge in [-0.15, -0.1) is 0 Å². The van der Waals surface area contributed by atoms with Gasteiger partial charge in [-0.25, -0.2) is 4.98 Å². The summed E-state index contributed by atoms with van der Waals surface area (Å²) in [5.41, 5.74) is -0.000421. The summed E-state index contributed by atoms with van der Waals surface area (Å²) in [6.07, 6.45) is -1.47. The lowest BCUT2D eigenvalue weighted by molar-refractivity contribution is -0.137. The van der Waals surface area contributed by atoms with E-state index in [1.54, 1.807) is 0 Å². The lowest BCUT2D eigenvalue weighted by Crippen LogP contribution is -2.30. The monoisotopic (exact) mass is 284 g/mol. The Labute approximate surface area is 114 Å². The third kappa shape index (κ3) is 2.80. The van der Waals surface area contributed by atoms with Crippen LogP contribution >= 0.6 is 0 Å². The van der Waals surface area contributed by atoms with E-state index >= 15 is 0 Å². The van der Waals surface area contributed by atoms with Crippen molar-refractivity contribution in [3.63, 3.8) is 0 Å². The fourth-order valence-electron chi connectivity index (χ4n) is 2.58. The van der Waals surface area contributed by atoms with Crippen LogP contribution < -0.4 is 5.32 Å². The van der Waals surface area contributed by atoms with E-state index < -0.39 is 11.7 Å². The Morgan fingerprint density at radius 2 is 2.20 bits per heavy atom. The van der Waals surface area contributed by atoms with E-state index in [-0.39, 0.29) is 5.52 Å². The maximum Gasteiger partial charge on any atom is 0.416 e. The van der Waals surface area contributed by atoms with E-state index in [4.69, 9.17) is 4.42 Å². The Hall–Kier alpha value is -1.56. The molecule has 3 rings (SSSR count). The zero-order valence-corrected chi connectivity index (χ0v) is 10.8. The van der Waals surface area contributed by atoms with Crippen LogP contribution in [0.25, 0.3) is 11.1 Å². The maximum absolute atomic E-state index is 12.6. The van der Waals surface area contributed by atoms with Gasteiger partial charge in [0, 0.05) is 6.42 Å². The number of nitrogens with zero attached hydrogens (tertiary/aromatic N) is 1. The number of piperidine rings is 1. The number of oxazole rings is 1. The molecule has 1 saturated heterocycles. The predicted octanol–water partition coefficient (Wildman–Crippen LogP) is 3.39. The summed E-state index contributed by atoms with van der Waals surface area (Å²) in [6, 6.07) is 3.41. The van der Waals surface area contributed by atoms with E-state index in [1.165, 1.54) is 6.07 Å². The fourth-order valence-corrected chi connectivity index (χ4v) is 2.58. The Morgan fingerprint density at radius 3 is 2.90 bits per heavy atom. The van der Waals surface area contributed by atoms with Gasteiger partial charge >= 0.3 is 6.18 Å². The van der Waals surface area contributed by atoms with Crippen molar-refractivity contribution in [1.29, 1.82) is 0 Å². The molecule has 0 bridgehead atoms. The summed E-state index contributed by atoms with van der Waals surface area (Å²) in [5, 5.41) is 3.30. The molecule has 1 fully saturated rings. The van der Waals surface area contributed by atoms with Gasteiger partial charge in [0.15, 0.2) is 11.5 Å². The van der Waals surface area contributed by atoms with Gasteiger partial charge in [0.1, 0.15) is 5.52 Å². The topological polar surface area (TPSA) is 38.1 Å². The minimum absolute atomic E-state index is 0.276. The van der Waals surface area contributed by atoms with Crippen molar-refractivity contribution >= 4 is 11.1 Å². The number of rotatable bonds is 2. The van der Waals surface area contributed by atoms with Crippen molar-refractivity contribution in [3.8, 4) is 0 Å². The number of aromatic nitrogens is 1. The number of halogens is 3. The van der Waals surface area contributed by atoms with Crippen LogP contribution in [0.5, 0.6) is 0 Å². The van der Waals surface area contributed by atoms with Gasteiger partial charge in [0.05, 0.1) is 5.56 Å². The quantitative estimate of drug-likeness (QED) is 0.918. The Balaban J connectivity index is 1.83. The second kappa shape index (κ2) is 5.09. The lowest BCUT2D eigenvalue weighted by Gasteiger charge is -2.21. The molecule has 20 heavy (non-hydrogen) atoms. The highest BCUT2D eigenvalue weighted by Gasteiger charge is 2.31. The van der Waals surface area contributed by atoms with E-state index in [0.29, 0.717) is 23.8 Å². The number of hydrogen-bond acceptors (Lipinski definition) is 3. The first-order valence-electron chi connectivity index (χ1n) is 6.70. The van der Waals surface area contributed by atoms with Crippen molar-refractivity contribution in [2.24, 2.45) is 5.92 Å². The predicted molar refractivity (Wildman–Crippen MR) is 68.3 cm³/mol. The Bertz CT molecular complexity index is 600. The first-order chi connectivity index (χ1) is 9.52. The second-order valence-corrected chi connectivity index (χ2v) is 5.20. The van der Waals surface area contributed by atoms with Gasteiger partial charge in [-0.3, -0.25) is 0 Å². The highest BCUT2D eigenvalue weighted by atomic mass is 19.4. The first-order valence-corrected chi connectivity index (χ1v) is 6.70. The Kier molecular flexibility index (Phi) is 3.41. The number of nitrogens with one attached hydrogen (secondary N) is 1. The van der Waals surface area contributed by atoms with Crippen LogP contribution in [0.3, 0.4) is 0 Å². The highest BCUT2D eigenvalue weighted by Crippen LogP contribution is 2.31. The molecule has 0 aliphatic carbocycles. The fraction of sp³-hybridized carbons (Fsp3) is 0.500. The smallest absolute Gasteiger partial charge is 0.416 e.